The lowest BCUT2D eigenvalue weighted by atomic mass is 9.93. The van der Waals surface area contributed by atoms with E-state index in [9.17, 15) is 4.79 Å². The number of nitrogens with one attached hydrogen (secondary N) is 1. The van der Waals surface area contributed by atoms with E-state index in [4.69, 9.17) is 32.7 Å². The normalized spacial score (nSPS) is 14.3. The van der Waals surface area contributed by atoms with Crippen molar-refractivity contribution in [2.24, 2.45) is 0 Å². The first-order valence-corrected chi connectivity index (χ1v) is 12.7. The van der Waals surface area contributed by atoms with Gasteiger partial charge in [-0.3, -0.25) is 9.78 Å². The molecule has 0 aliphatic carbocycles. The van der Waals surface area contributed by atoms with Crippen molar-refractivity contribution < 1.29 is 14.3 Å². The number of aromatic amines is 1. The Hall–Kier alpha value is -4.07. The van der Waals surface area contributed by atoms with Crippen LogP contribution in [-0.2, 0) is 11.2 Å². The van der Waals surface area contributed by atoms with Crippen molar-refractivity contribution in [1.29, 1.82) is 0 Å². The molecule has 0 spiro atoms. The highest BCUT2D eigenvalue weighted by molar-refractivity contribution is 6.31. The van der Waals surface area contributed by atoms with Crippen molar-refractivity contribution in [2.75, 3.05) is 13.7 Å². The molecular weight excluding hydrogens is 523 g/mol. The molecule has 2 aromatic heterocycles. The number of carbonyl (C=O) groups is 1. The highest BCUT2D eigenvalue weighted by Crippen LogP contribution is 2.39. The van der Waals surface area contributed by atoms with E-state index in [1.165, 1.54) is 5.56 Å². The number of hydrogen-bond donors (Lipinski definition) is 1. The molecule has 0 saturated heterocycles. The average Bonchev–Trinajstić information content (AvgIpc) is 3.32. The summed E-state index contributed by atoms with van der Waals surface area (Å²) in [5.41, 5.74) is 4.27. The molecule has 1 atom stereocenters. The minimum atomic E-state index is -0.187. The van der Waals surface area contributed by atoms with Crippen LogP contribution in [0.4, 0.5) is 0 Å². The van der Waals surface area contributed by atoms with E-state index in [1.807, 2.05) is 59.5 Å². The maximum Gasteiger partial charge on any atom is 0.237 e. The summed E-state index contributed by atoms with van der Waals surface area (Å²) in [6.07, 6.45) is 6.44. The smallest absolute Gasteiger partial charge is 0.237 e. The van der Waals surface area contributed by atoms with Crippen molar-refractivity contribution >= 4 is 40.5 Å². The van der Waals surface area contributed by atoms with Gasteiger partial charge in [0.05, 0.1) is 19.3 Å². The van der Waals surface area contributed by atoms with Crippen molar-refractivity contribution in [2.45, 2.75) is 12.5 Å². The second-order valence-electron chi connectivity index (χ2n) is 8.58. The summed E-state index contributed by atoms with van der Waals surface area (Å²) in [4.78, 5) is 25.2. The number of hydrogen-bond acceptors (Lipinski definition) is 5. The Morgan fingerprint density at radius 3 is 2.39 bits per heavy atom. The molecular formula is C29H24Cl2N4O3. The van der Waals surface area contributed by atoms with Crippen LogP contribution in [0.2, 0.25) is 10.0 Å². The topological polar surface area (TPSA) is 80.3 Å². The van der Waals surface area contributed by atoms with Crippen LogP contribution in [-0.4, -0.2) is 39.9 Å². The van der Waals surface area contributed by atoms with Gasteiger partial charge in [0.1, 0.15) is 11.5 Å². The fourth-order valence-electron chi connectivity index (χ4n) is 4.50. The molecule has 3 aromatic carbocycles. The number of halogens is 2. The third-order valence-corrected chi connectivity index (χ3v) is 6.76. The first-order chi connectivity index (χ1) is 18.6. The number of carbonyl (C=O) groups excluding carboxylic acids is 1. The Labute approximate surface area is 230 Å². The molecule has 7 nitrogen and oxygen atoms in total. The molecule has 1 amide bonds. The predicted molar refractivity (Wildman–Crippen MR) is 148 cm³/mol. The van der Waals surface area contributed by atoms with Crippen LogP contribution < -0.4 is 9.47 Å². The molecule has 0 fully saturated rings. The number of fused-ring (bicyclic) bond motifs is 3. The second-order valence-corrected chi connectivity index (χ2v) is 9.45. The Balaban J connectivity index is 0.000000278. The summed E-state index contributed by atoms with van der Waals surface area (Å²) in [6.45, 7) is 0.651. The molecule has 6 rings (SSSR count). The third kappa shape index (κ3) is 5.59. The molecule has 5 aromatic rings. The highest BCUT2D eigenvalue weighted by Gasteiger charge is 2.31. The summed E-state index contributed by atoms with van der Waals surface area (Å²) in [5, 5.41) is 2.56. The van der Waals surface area contributed by atoms with Gasteiger partial charge in [-0.05, 0) is 72.1 Å². The lowest BCUT2D eigenvalue weighted by molar-refractivity contribution is -0.120. The lowest BCUT2D eigenvalue weighted by Gasteiger charge is -2.33. The molecule has 192 valence electrons. The Kier molecular flexibility index (Phi) is 7.77. The van der Waals surface area contributed by atoms with Gasteiger partial charge in [0.2, 0.25) is 12.3 Å². The number of H-pyrrole nitrogens is 1. The molecule has 38 heavy (non-hydrogen) atoms. The number of amides is 1. The van der Waals surface area contributed by atoms with Crippen LogP contribution in [0.5, 0.6) is 17.4 Å². The minimum Gasteiger partial charge on any atom is -0.497 e. The van der Waals surface area contributed by atoms with Crippen molar-refractivity contribution in [3.63, 3.8) is 0 Å². The number of aromatic nitrogens is 3. The van der Waals surface area contributed by atoms with Gasteiger partial charge in [-0.25, -0.2) is 4.98 Å². The van der Waals surface area contributed by atoms with Crippen molar-refractivity contribution in [3.05, 3.63) is 112 Å². The molecule has 1 aliphatic rings. The Morgan fingerprint density at radius 2 is 1.71 bits per heavy atom. The number of nitrogens with zero attached hydrogens (tertiary/aromatic N) is 3. The van der Waals surface area contributed by atoms with Gasteiger partial charge in [0.15, 0.2) is 0 Å². The first kappa shape index (κ1) is 25.6. The van der Waals surface area contributed by atoms with Crippen LogP contribution in [0.3, 0.4) is 0 Å². The van der Waals surface area contributed by atoms with Gasteiger partial charge < -0.3 is 19.4 Å². The zero-order chi connectivity index (χ0) is 26.5. The van der Waals surface area contributed by atoms with Crippen LogP contribution in [0.1, 0.15) is 22.9 Å². The van der Waals surface area contributed by atoms with E-state index in [0.29, 0.717) is 23.2 Å². The van der Waals surface area contributed by atoms with Crippen molar-refractivity contribution in [3.8, 4) is 17.4 Å². The van der Waals surface area contributed by atoms with E-state index in [2.05, 4.69) is 15.0 Å². The Morgan fingerprint density at radius 1 is 0.974 bits per heavy atom. The van der Waals surface area contributed by atoms with E-state index in [-0.39, 0.29) is 6.04 Å². The van der Waals surface area contributed by atoms with Gasteiger partial charge >= 0.3 is 0 Å². The fourth-order valence-corrected chi connectivity index (χ4v) is 4.80. The predicted octanol–water partition coefficient (Wildman–Crippen LogP) is 6.86. The first-order valence-electron chi connectivity index (χ1n) is 11.9. The van der Waals surface area contributed by atoms with E-state index in [0.717, 1.165) is 45.8 Å². The Bertz CT molecular complexity index is 1520. The van der Waals surface area contributed by atoms with E-state index >= 15 is 0 Å². The zero-order valence-corrected chi connectivity index (χ0v) is 22.0. The minimum absolute atomic E-state index is 0.187. The van der Waals surface area contributed by atoms with Crippen LogP contribution >= 0.6 is 23.2 Å². The molecule has 1 N–H and O–H groups in total. The summed E-state index contributed by atoms with van der Waals surface area (Å²) < 4.78 is 10.6. The average molecular weight is 547 g/mol. The largest absolute Gasteiger partial charge is 0.497 e. The van der Waals surface area contributed by atoms with Gasteiger partial charge in [-0.2, -0.15) is 0 Å². The monoisotopic (exact) mass is 546 g/mol. The molecule has 0 radical (unpaired) electrons. The van der Waals surface area contributed by atoms with Gasteiger partial charge in [0, 0.05) is 45.6 Å². The van der Waals surface area contributed by atoms with Gasteiger partial charge in [-0.15, -0.1) is 0 Å². The molecule has 0 bridgehead atoms. The van der Waals surface area contributed by atoms with Gasteiger partial charge in [-0.1, -0.05) is 35.3 Å². The standard InChI is InChI=1S/C22H17ClN4O2.C7H7ClO/c23-15-3-6-19-18(11-15)17-7-10-27(13-28)22(21(17)26-19)14-1-4-16(5-2-14)29-20-12-24-8-9-25-20;1-9-7-4-2-6(8)3-5-7/h1-6,8-9,11-13,22,26H,7,10H2;2-5H,1H3. The SMILES string of the molecule is COc1ccc(Cl)cc1.O=CN1CCc2c([nH]c3ccc(Cl)cc23)C1c1ccc(Oc2cnccn2)cc1. The number of methoxy groups -OCH3 is 1. The van der Waals surface area contributed by atoms with Crippen LogP contribution in [0.15, 0.2) is 85.3 Å². The highest BCUT2D eigenvalue weighted by atomic mass is 35.5. The van der Waals surface area contributed by atoms with Crippen LogP contribution in [0.25, 0.3) is 10.9 Å². The summed E-state index contributed by atoms with van der Waals surface area (Å²) >= 11 is 11.8. The zero-order valence-electron chi connectivity index (χ0n) is 20.5. The molecule has 3 heterocycles. The van der Waals surface area contributed by atoms with E-state index in [1.54, 1.807) is 37.8 Å². The fraction of sp³-hybridized carbons (Fsp3) is 0.138. The number of ether oxygens (including phenoxy) is 2. The van der Waals surface area contributed by atoms with E-state index < -0.39 is 0 Å². The molecule has 1 unspecified atom stereocenters. The molecule has 9 heteroatoms. The summed E-state index contributed by atoms with van der Waals surface area (Å²) in [6, 6.07) is 20.6. The number of benzene rings is 3. The lowest BCUT2D eigenvalue weighted by Crippen LogP contribution is -2.34. The van der Waals surface area contributed by atoms with Crippen molar-refractivity contribution in [1.82, 2.24) is 19.9 Å². The maximum atomic E-state index is 11.8. The van der Waals surface area contributed by atoms with Gasteiger partial charge in [0.25, 0.3) is 0 Å². The molecule has 0 saturated carbocycles. The number of rotatable bonds is 5. The van der Waals surface area contributed by atoms with Crippen LogP contribution in [0, 0.1) is 0 Å². The molecule has 1 aliphatic heterocycles. The second kappa shape index (κ2) is 11.5. The third-order valence-electron chi connectivity index (χ3n) is 6.27. The summed E-state index contributed by atoms with van der Waals surface area (Å²) in [5.74, 6) is 1.92. The maximum absolute atomic E-state index is 11.8. The quantitative estimate of drug-likeness (QED) is 0.243. The summed E-state index contributed by atoms with van der Waals surface area (Å²) in [7, 11) is 1.63.